The van der Waals surface area contributed by atoms with E-state index in [9.17, 15) is 0 Å². The van der Waals surface area contributed by atoms with Gasteiger partial charge in [-0.25, -0.2) is 0 Å². The largest absolute Gasteiger partial charge is 0.340 e. The van der Waals surface area contributed by atoms with E-state index >= 15 is 0 Å². The number of hydrogen-bond acceptors (Lipinski definition) is 5. The first kappa shape index (κ1) is 10.6. The summed E-state index contributed by atoms with van der Waals surface area (Å²) < 4.78 is 4.93. The summed E-state index contributed by atoms with van der Waals surface area (Å²) in [5.41, 5.74) is 0. The molecule has 1 aromatic rings. The zero-order chi connectivity index (χ0) is 10.5. The fourth-order valence-electron chi connectivity index (χ4n) is 1.90. The summed E-state index contributed by atoms with van der Waals surface area (Å²) in [6.07, 6.45) is 4.75. The van der Waals surface area contributed by atoms with Crippen LogP contribution in [0.1, 0.15) is 18.7 Å². The van der Waals surface area contributed by atoms with Crippen molar-refractivity contribution in [2.24, 2.45) is 0 Å². The van der Waals surface area contributed by atoms with Crippen molar-refractivity contribution in [3.63, 3.8) is 0 Å². The highest BCUT2D eigenvalue weighted by atomic mass is 16.5. The topological polar surface area (TPSA) is 54.2 Å². The van der Waals surface area contributed by atoms with Gasteiger partial charge in [0.2, 0.25) is 5.89 Å². The fraction of sp³-hybridized carbons (Fsp3) is 0.800. The summed E-state index contributed by atoms with van der Waals surface area (Å²) in [6.45, 7) is 3.31. The standard InChI is InChI=1S/C10H18N4O/c1-14-6-3-9(4-7-14)11-5-2-10-12-8-13-15-10/h8-9,11H,2-7H2,1H3. The lowest BCUT2D eigenvalue weighted by atomic mass is 10.1. The molecule has 84 valence electrons. The van der Waals surface area contributed by atoms with Crippen molar-refractivity contribution in [2.75, 3.05) is 26.7 Å². The molecule has 1 N–H and O–H groups in total. The molecule has 0 radical (unpaired) electrons. The van der Waals surface area contributed by atoms with Crippen molar-refractivity contribution in [3.8, 4) is 0 Å². The van der Waals surface area contributed by atoms with Crippen molar-refractivity contribution in [1.29, 1.82) is 0 Å². The Bertz CT molecular complexity index is 267. The molecule has 0 bridgehead atoms. The van der Waals surface area contributed by atoms with Crippen LogP contribution in [0.15, 0.2) is 10.9 Å². The maximum absolute atomic E-state index is 4.93. The monoisotopic (exact) mass is 210 g/mol. The molecule has 1 aliphatic heterocycles. The Balaban J connectivity index is 1.62. The van der Waals surface area contributed by atoms with E-state index in [-0.39, 0.29) is 0 Å². The highest BCUT2D eigenvalue weighted by Crippen LogP contribution is 2.07. The molecule has 2 heterocycles. The number of aromatic nitrogens is 2. The molecule has 5 nitrogen and oxygen atoms in total. The highest BCUT2D eigenvalue weighted by Gasteiger charge is 2.15. The summed E-state index contributed by atoms with van der Waals surface area (Å²) in [4.78, 5) is 6.36. The number of nitrogens with one attached hydrogen (secondary N) is 1. The van der Waals surface area contributed by atoms with Gasteiger partial charge in [-0.2, -0.15) is 4.98 Å². The van der Waals surface area contributed by atoms with E-state index in [1.54, 1.807) is 0 Å². The molecule has 1 fully saturated rings. The lowest BCUT2D eigenvalue weighted by Gasteiger charge is -2.29. The van der Waals surface area contributed by atoms with Crippen molar-refractivity contribution >= 4 is 0 Å². The molecule has 1 saturated heterocycles. The number of nitrogens with zero attached hydrogens (tertiary/aromatic N) is 3. The Morgan fingerprint density at radius 1 is 1.53 bits per heavy atom. The van der Waals surface area contributed by atoms with Crippen LogP contribution in [0.4, 0.5) is 0 Å². The summed E-state index contributed by atoms with van der Waals surface area (Å²) in [5.74, 6) is 0.718. The molecular formula is C10H18N4O. The zero-order valence-corrected chi connectivity index (χ0v) is 9.15. The third-order valence-electron chi connectivity index (χ3n) is 2.90. The molecule has 1 aromatic heterocycles. The van der Waals surface area contributed by atoms with Gasteiger partial charge < -0.3 is 14.7 Å². The second-order valence-corrected chi connectivity index (χ2v) is 4.12. The Morgan fingerprint density at radius 2 is 2.33 bits per heavy atom. The maximum Gasteiger partial charge on any atom is 0.227 e. The van der Waals surface area contributed by atoms with Gasteiger partial charge in [0, 0.05) is 19.0 Å². The Labute approximate surface area is 89.8 Å². The molecule has 0 amide bonds. The van der Waals surface area contributed by atoms with E-state index < -0.39 is 0 Å². The fourth-order valence-corrected chi connectivity index (χ4v) is 1.90. The van der Waals surface area contributed by atoms with Crippen LogP contribution < -0.4 is 5.32 Å². The first-order valence-electron chi connectivity index (χ1n) is 5.52. The molecule has 0 unspecified atom stereocenters. The van der Waals surface area contributed by atoms with Crippen LogP contribution in [0.3, 0.4) is 0 Å². The summed E-state index contributed by atoms with van der Waals surface area (Å²) >= 11 is 0. The molecule has 0 spiro atoms. The normalized spacial score (nSPS) is 19.5. The van der Waals surface area contributed by atoms with Crippen molar-refractivity contribution < 1.29 is 4.52 Å². The van der Waals surface area contributed by atoms with Gasteiger partial charge >= 0.3 is 0 Å². The molecule has 2 rings (SSSR count). The molecule has 1 aliphatic rings. The lowest BCUT2D eigenvalue weighted by Crippen LogP contribution is -2.41. The summed E-state index contributed by atoms with van der Waals surface area (Å²) in [5, 5.41) is 7.10. The van der Waals surface area contributed by atoms with Crippen LogP contribution in [0.2, 0.25) is 0 Å². The average Bonchev–Trinajstić information content (AvgIpc) is 2.74. The number of rotatable bonds is 4. The van der Waals surface area contributed by atoms with E-state index in [0.717, 1.165) is 18.9 Å². The molecule has 0 aliphatic carbocycles. The van der Waals surface area contributed by atoms with Crippen LogP contribution in [0, 0.1) is 0 Å². The predicted octanol–water partition coefficient (Wildman–Crippen LogP) is 0.296. The quantitative estimate of drug-likeness (QED) is 0.774. The van der Waals surface area contributed by atoms with Crippen LogP contribution in [-0.2, 0) is 6.42 Å². The minimum Gasteiger partial charge on any atom is -0.340 e. The minimum absolute atomic E-state index is 0.657. The Morgan fingerprint density at radius 3 is 3.00 bits per heavy atom. The van der Waals surface area contributed by atoms with Gasteiger partial charge in [-0.15, -0.1) is 0 Å². The van der Waals surface area contributed by atoms with E-state index in [1.807, 2.05) is 0 Å². The van der Waals surface area contributed by atoms with E-state index in [0.29, 0.717) is 6.04 Å². The van der Waals surface area contributed by atoms with Crippen molar-refractivity contribution in [3.05, 3.63) is 12.2 Å². The third-order valence-corrected chi connectivity index (χ3v) is 2.90. The second-order valence-electron chi connectivity index (χ2n) is 4.12. The molecule has 0 atom stereocenters. The summed E-state index contributed by atoms with van der Waals surface area (Å²) in [6, 6.07) is 0.657. The van der Waals surface area contributed by atoms with Gasteiger partial charge in [0.05, 0.1) is 0 Å². The SMILES string of the molecule is CN1CCC(NCCc2ncno2)CC1. The second kappa shape index (κ2) is 5.23. The molecule has 0 saturated carbocycles. The van der Waals surface area contributed by atoms with Crippen LogP contribution in [-0.4, -0.2) is 47.8 Å². The zero-order valence-electron chi connectivity index (χ0n) is 9.15. The molecule has 0 aromatic carbocycles. The Hall–Kier alpha value is -0.940. The van der Waals surface area contributed by atoms with Gasteiger partial charge in [0.15, 0.2) is 6.33 Å². The first-order valence-corrected chi connectivity index (χ1v) is 5.52. The van der Waals surface area contributed by atoms with Crippen LogP contribution in [0.5, 0.6) is 0 Å². The average molecular weight is 210 g/mol. The van der Waals surface area contributed by atoms with Gasteiger partial charge in [-0.05, 0) is 33.0 Å². The predicted molar refractivity (Wildman–Crippen MR) is 56.5 cm³/mol. The van der Waals surface area contributed by atoms with Crippen molar-refractivity contribution in [1.82, 2.24) is 20.4 Å². The number of hydrogen-bond donors (Lipinski definition) is 1. The first-order chi connectivity index (χ1) is 7.34. The number of likely N-dealkylation sites (tertiary alicyclic amines) is 1. The number of piperidine rings is 1. The van der Waals surface area contributed by atoms with Gasteiger partial charge in [-0.1, -0.05) is 5.16 Å². The van der Waals surface area contributed by atoms with Gasteiger partial charge in [0.1, 0.15) is 0 Å². The minimum atomic E-state index is 0.657. The van der Waals surface area contributed by atoms with Crippen molar-refractivity contribution in [2.45, 2.75) is 25.3 Å². The molecule has 5 heteroatoms. The smallest absolute Gasteiger partial charge is 0.227 e. The molecular weight excluding hydrogens is 192 g/mol. The van der Waals surface area contributed by atoms with E-state index in [2.05, 4.69) is 27.4 Å². The van der Waals surface area contributed by atoms with Crippen LogP contribution in [0.25, 0.3) is 0 Å². The Kier molecular flexibility index (Phi) is 3.69. The van der Waals surface area contributed by atoms with Gasteiger partial charge in [0.25, 0.3) is 0 Å². The van der Waals surface area contributed by atoms with E-state index in [4.69, 9.17) is 4.52 Å². The van der Waals surface area contributed by atoms with Gasteiger partial charge in [-0.3, -0.25) is 0 Å². The van der Waals surface area contributed by atoms with E-state index in [1.165, 1.54) is 32.3 Å². The molecule has 15 heavy (non-hydrogen) atoms. The lowest BCUT2D eigenvalue weighted by molar-refractivity contribution is 0.234. The maximum atomic E-state index is 4.93. The summed E-state index contributed by atoms with van der Waals surface area (Å²) in [7, 11) is 2.18. The van der Waals surface area contributed by atoms with Crippen LogP contribution >= 0.6 is 0 Å². The highest BCUT2D eigenvalue weighted by molar-refractivity contribution is 4.79. The third kappa shape index (κ3) is 3.28.